The molecule has 3 heteroatoms. The van der Waals surface area contributed by atoms with Crippen molar-refractivity contribution in [3.05, 3.63) is 108 Å². The lowest BCUT2D eigenvalue weighted by molar-refractivity contribution is 0.320. The average Bonchev–Trinajstić information content (AvgIpc) is 3.17. The lowest BCUT2D eigenvalue weighted by Crippen LogP contribution is -2.02. The zero-order valence-electron chi connectivity index (χ0n) is 17.3. The van der Waals surface area contributed by atoms with E-state index in [4.69, 9.17) is 9.15 Å². The molecule has 0 atom stereocenters. The molecule has 150 valence electrons. The topological polar surface area (TPSA) is 35.3 Å². The van der Waals surface area contributed by atoms with Crippen LogP contribution >= 0.6 is 0 Å². The molecule has 3 nitrogen and oxygen atoms in total. The van der Waals surface area contributed by atoms with Crippen LogP contribution in [0.15, 0.2) is 89.3 Å². The standard InChI is InChI=1S/C27H25NO2/c1-20(23-9-5-3-6-10-23)19-22-13-15-25(16-14-22)29-18-17-26-21(2)30-27(28-26)24-11-7-4-8-12-24/h3-16,19H,17-18H2,1-2H3/b20-19-. The summed E-state index contributed by atoms with van der Waals surface area (Å²) in [5, 5.41) is 0. The first-order valence-electron chi connectivity index (χ1n) is 10.2. The summed E-state index contributed by atoms with van der Waals surface area (Å²) in [4.78, 5) is 4.63. The molecule has 3 aromatic carbocycles. The van der Waals surface area contributed by atoms with Crippen molar-refractivity contribution in [1.82, 2.24) is 4.98 Å². The number of nitrogens with zero attached hydrogens (tertiary/aromatic N) is 1. The number of hydrogen-bond acceptors (Lipinski definition) is 3. The maximum absolute atomic E-state index is 5.92. The van der Waals surface area contributed by atoms with Crippen molar-refractivity contribution >= 4 is 11.6 Å². The van der Waals surface area contributed by atoms with E-state index in [-0.39, 0.29) is 0 Å². The zero-order valence-corrected chi connectivity index (χ0v) is 17.3. The van der Waals surface area contributed by atoms with Gasteiger partial charge in [0, 0.05) is 12.0 Å². The van der Waals surface area contributed by atoms with Crippen molar-refractivity contribution in [2.45, 2.75) is 20.3 Å². The highest BCUT2D eigenvalue weighted by Gasteiger charge is 2.11. The number of aryl methyl sites for hydroxylation is 1. The monoisotopic (exact) mass is 395 g/mol. The highest BCUT2D eigenvalue weighted by molar-refractivity contribution is 5.80. The number of aromatic nitrogens is 1. The van der Waals surface area contributed by atoms with E-state index in [2.05, 4.69) is 54.4 Å². The van der Waals surface area contributed by atoms with Crippen molar-refractivity contribution in [1.29, 1.82) is 0 Å². The van der Waals surface area contributed by atoms with Crippen LogP contribution in [0.5, 0.6) is 5.75 Å². The van der Waals surface area contributed by atoms with Crippen LogP contribution in [0.3, 0.4) is 0 Å². The Labute approximate surface area is 177 Å². The van der Waals surface area contributed by atoms with E-state index in [1.165, 1.54) is 11.1 Å². The highest BCUT2D eigenvalue weighted by atomic mass is 16.5. The zero-order chi connectivity index (χ0) is 20.8. The Balaban J connectivity index is 1.34. The second-order valence-corrected chi connectivity index (χ2v) is 7.25. The van der Waals surface area contributed by atoms with E-state index in [0.717, 1.165) is 28.3 Å². The van der Waals surface area contributed by atoms with E-state index in [9.17, 15) is 0 Å². The molecule has 0 aliphatic heterocycles. The number of ether oxygens (including phenoxy) is 1. The summed E-state index contributed by atoms with van der Waals surface area (Å²) in [6.07, 6.45) is 2.89. The summed E-state index contributed by atoms with van der Waals surface area (Å²) < 4.78 is 11.7. The fourth-order valence-corrected chi connectivity index (χ4v) is 3.32. The minimum Gasteiger partial charge on any atom is -0.493 e. The largest absolute Gasteiger partial charge is 0.493 e. The van der Waals surface area contributed by atoms with Crippen molar-refractivity contribution in [2.24, 2.45) is 0 Å². The number of allylic oxidation sites excluding steroid dienone is 1. The Hall–Kier alpha value is -3.59. The molecule has 4 aromatic rings. The average molecular weight is 396 g/mol. The first-order valence-corrected chi connectivity index (χ1v) is 10.2. The predicted octanol–water partition coefficient (Wildman–Crippen LogP) is 6.83. The van der Waals surface area contributed by atoms with E-state index >= 15 is 0 Å². The molecular formula is C27H25NO2. The summed E-state index contributed by atoms with van der Waals surface area (Å²) in [6.45, 7) is 4.63. The third-order valence-electron chi connectivity index (χ3n) is 5.01. The Kier molecular flexibility index (Phi) is 6.09. The third kappa shape index (κ3) is 4.87. The van der Waals surface area contributed by atoms with Crippen molar-refractivity contribution in [3.63, 3.8) is 0 Å². The van der Waals surface area contributed by atoms with Gasteiger partial charge in [-0.05, 0) is 54.8 Å². The summed E-state index contributed by atoms with van der Waals surface area (Å²) in [5.41, 5.74) is 5.55. The van der Waals surface area contributed by atoms with E-state index in [1.807, 2.05) is 55.5 Å². The molecule has 4 rings (SSSR count). The maximum atomic E-state index is 5.92. The number of benzene rings is 3. The van der Waals surface area contributed by atoms with Gasteiger partial charge in [0.1, 0.15) is 11.5 Å². The normalized spacial score (nSPS) is 11.5. The van der Waals surface area contributed by atoms with Crippen LogP contribution < -0.4 is 4.74 Å². The van der Waals surface area contributed by atoms with Gasteiger partial charge in [-0.1, -0.05) is 66.7 Å². The summed E-state index contributed by atoms with van der Waals surface area (Å²) in [7, 11) is 0. The van der Waals surface area contributed by atoms with Gasteiger partial charge >= 0.3 is 0 Å². The maximum Gasteiger partial charge on any atom is 0.226 e. The van der Waals surface area contributed by atoms with Gasteiger partial charge in [-0.2, -0.15) is 0 Å². The molecule has 1 aromatic heterocycles. The Morgan fingerprint density at radius 1 is 0.900 bits per heavy atom. The van der Waals surface area contributed by atoms with Gasteiger partial charge in [0.2, 0.25) is 5.89 Å². The molecule has 0 amide bonds. The number of rotatable bonds is 7. The summed E-state index contributed by atoms with van der Waals surface area (Å²) >= 11 is 0. The minimum atomic E-state index is 0.555. The lowest BCUT2D eigenvalue weighted by atomic mass is 10.0. The third-order valence-corrected chi connectivity index (χ3v) is 5.01. The van der Waals surface area contributed by atoms with Gasteiger partial charge in [0.15, 0.2) is 0 Å². The van der Waals surface area contributed by atoms with Crippen LogP contribution in [-0.2, 0) is 6.42 Å². The molecule has 0 fully saturated rings. The quantitative estimate of drug-likeness (QED) is 0.322. The van der Waals surface area contributed by atoms with Gasteiger partial charge in [0.05, 0.1) is 12.3 Å². The second-order valence-electron chi connectivity index (χ2n) is 7.25. The van der Waals surface area contributed by atoms with E-state index in [0.29, 0.717) is 18.9 Å². The molecule has 0 radical (unpaired) electrons. The Morgan fingerprint density at radius 3 is 2.27 bits per heavy atom. The molecule has 0 unspecified atom stereocenters. The number of oxazole rings is 1. The first-order chi connectivity index (χ1) is 14.7. The van der Waals surface area contributed by atoms with Crippen molar-refractivity contribution in [3.8, 4) is 17.2 Å². The van der Waals surface area contributed by atoms with Gasteiger partial charge < -0.3 is 9.15 Å². The van der Waals surface area contributed by atoms with Crippen LogP contribution in [0, 0.1) is 6.92 Å². The Bertz CT molecular complexity index is 1110. The fourth-order valence-electron chi connectivity index (χ4n) is 3.32. The molecule has 0 bridgehead atoms. The molecule has 30 heavy (non-hydrogen) atoms. The fraction of sp³-hybridized carbons (Fsp3) is 0.148. The van der Waals surface area contributed by atoms with Gasteiger partial charge in [-0.15, -0.1) is 0 Å². The molecule has 0 aliphatic carbocycles. The number of hydrogen-bond donors (Lipinski definition) is 0. The molecule has 0 spiro atoms. The molecule has 0 N–H and O–H groups in total. The SMILES string of the molecule is C/C(=C/c1ccc(OCCc2nc(-c3ccccc3)oc2C)cc1)c1ccccc1. The van der Waals surface area contributed by atoms with Crippen LogP contribution in [0.25, 0.3) is 23.1 Å². The smallest absolute Gasteiger partial charge is 0.226 e. The molecule has 1 heterocycles. The predicted molar refractivity (Wildman–Crippen MR) is 122 cm³/mol. The van der Waals surface area contributed by atoms with Gasteiger partial charge in [-0.25, -0.2) is 4.98 Å². The van der Waals surface area contributed by atoms with Crippen LogP contribution in [-0.4, -0.2) is 11.6 Å². The highest BCUT2D eigenvalue weighted by Crippen LogP contribution is 2.22. The molecule has 0 saturated carbocycles. The Morgan fingerprint density at radius 2 is 1.57 bits per heavy atom. The summed E-state index contributed by atoms with van der Waals surface area (Å²) in [6, 6.07) is 28.5. The molecule has 0 saturated heterocycles. The van der Waals surface area contributed by atoms with Crippen LogP contribution in [0.1, 0.15) is 29.5 Å². The van der Waals surface area contributed by atoms with E-state index in [1.54, 1.807) is 0 Å². The molecule has 0 aliphatic rings. The van der Waals surface area contributed by atoms with Crippen molar-refractivity contribution in [2.75, 3.05) is 6.61 Å². The van der Waals surface area contributed by atoms with E-state index < -0.39 is 0 Å². The molecular weight excluding hydrogens is 370 g/mol. The van der Waals surface area contributed by atoms with Gasteiger partial charge in [-0.3, -0.25) is 0 Å². The van der Waals surface area contributed by atoms with Crippen LogP contribution in [0.4, 0.5) is 0 Å². The van der Waals surface area contributed by atoms with Crippen LogP contribution in [0.2, 0.25) is 0 Å². The van der Waals surface area contributed by atoms with Crippen molar-refractivity contribution < 1.29 is 9.15 Å². The van der Waals surface area contributed by atoms with Gasteiger partial charge in [0.25, 0.3) is 0 Å². The lowest BCUT2D eigenvalue weighted by Gasteiger charge is -2.06. The second kappa shape index (κ2) is 9.27. The minimum absolute atomic E-state index is 0.555. The summed E-state index contributed by atoms with van der Waals surface area (Å²) in [5.74, 6) is 2.36. The first kappa shape index (κ1) is 19.7.